The van der Waals surface area contributed by atoms with Gasteiger partial charge in [-0.05, 0) is 34.7 Å². The molecule has 2 N–H and O–H groups in total. The van der Waals surface area contributed by atoms with Crippen molar-refractivity contribution in [2.45, 2.75) is 0 Å². The summed E-state index contributed by atoms with van der Waals surface area (Å²) in [6, 6.07) is 15.6. The van der Waals surface area contributed by atoms with E-state index in [1.165, 1.54) is 0 Å². The molecule has 0 aliphatic rings. The van der Waals surface area contributed by atoms with Gasteiger partial charge < -0.3 is 5.73 Å². The zero-order valence-electron chi connectivity index (χ0n) is 6.57. The maximum Gasteiger partial charge on any atom is 0.0449 e. The number of anilines is 1. The molecule has 0 heterocycles. The molecule has 1 rings (SSSR count). The lowest BCUT2D eigenvalue weighted by Crippen LogP contribution is -1.84. The maximum absolute atomic E-state index is 5.74. The Labute approximate surface area is 86.1 Å². The average Bonchev–Trinajstić information content (AvgIpc) is 2.08. The summed E-state index contributed by atoms with van der Waals surface area (Å²) in [7, 11) is 0. The lowest BCUT2D eigenvalue weighted by molar-refractivity contribution is 1.65. The number of halogens is 1. The Balaban J connectivity index is 3.25. The van der Waals surface area contributed by atoms with Crippen molar-refractivity contribution in [3.63, 3.8) is 0 Å². The quantitative estimate of drug-likeness (QED) is 0.721. The summed E-state index contributed by atoms with van der Waals surface area (Å²) in [4.78, 5) is 0. The van der Waals surface area contributed by atoms with E-state index in [4.69, 9.17) is 5.73 Å². The highest BCUT2D eigenvalue weighted by Crippen LogP contribution is 2.09. The van der Waals surface area contributed by atoms with Crippen LogP contribution in [0.1, 0.15) is 0 Å². The standard InChI is InChI=1S/C10H10IN/c11-9-7-5-3-1-2-4-6-8-10(9)12/h1-8H,12H2. The normalized spacial score (nSPS) is 8.75. The first-order valence-electron chi connectivity index (χ1n) is 3.64. The van der Waals surface area contributed by atoms with Crippen LogP contribution < -0.4 is 5.73 Å². The molecular formula is C10H10IN. The molecule has 1 nitrogen and oxygen atoms in total. The zero-order chi connectivity index (χ0) is 8.81. The number of hydrogen-bond donors (Lipinski definition) is 1. The van der Waals surface area contributed by atoms with Gasteiger partial charge in [-0.15, -0.1) is 0 Å². The van der Waals surface area contributed by atoms with Gasteiger partial charge in [-0.1, -0.05) is 36.4 Å². The predicted octanol–water partition coefficient (Wildman–Crippen LogP) is 3.00. The monoisotopic (exact) mass is 271 g/mol. The molecular weight excluding hydrogens is 261 g/mol. The van der Waals surface area contributed by atoms with Crippen molar-refractivity contribution in [3.05, 3.63) is 52.1 Å². The molecule has 0 bridgehead atoms. The van der Waals surface area contributed by atoms with Gasteiger partial charge >= 0.3 is 0 Å². The smallest absolute Gasteiger partial charge is 0.0449 e. The van der Waals surface area contributed by atoms with Crippen LogP contribution in [-0.2, 0) is 0 Å². The summed E-state index contributed by atoms with van der Waals surface area (Å²) in [5.41, 5.74) is 6.54. The second kappa shape index (κ2) is 4.98. The molecule has 1 aromatic carbocycles. The first kappa shape index (κ1) is 9.32. The molecule has 0 unspecified atom stereocenters. The van der Waals surface area contributed by atoms with Crippen molar-refractivity contribution in [1.29, 1.82) is 0 Å². The summed E-state index contributed by atoms with van der Waals surface area (Å²) < 4.78 is 1.06. The van der Waals surface area contributed by atoms with Gasteiger partial charge in [0.25, 0.3) is 0 Å². The lowest BCUT2D eigenvalue weighted by atomic mass is 10.3. The third kappa shape index (κ3) is 3.09. The van der Waals surface area contributed by atoms with Gasteiger partial charge in [0, 0.05) is 9.26 Å². The van der Waals surface area contributed by atoms with Crippen LogP contribution in [0.2, 0.25) is 0 Å². The largest absolute Gasteiger partial charge is 0.398 e. The van der Waals surface area contributed by atoms with E-state index in [0.717, 1.165) is 9.26 Å². The van der Waals surface area contributed by atoms with Crippen LogP contribution in [-0.4, -0.2) is 0 Å². The van der Waals surface area contributed by atoms with E-state index < -0.39 is 0 Å². The average molecular weight is 271 g/mol. The minimum absolute atomic E-state index is 0.798. The van der Waals surface area contributed by atoms with Gasteiger partial charge in [0.15, 0.2) is 0 Å². The summed E-state index contributed by atoms with van der Waals surface area (Å²) >= 11 is 2.21. The number of rotatable bonds is 0. The second-order valence-electron chi connectivity index (χ2n) is 2.29. The van der Waals surface area contributed by atoms with Crippen molar-refractivity contribution < 1.29 is 0 Å². The Hall–Kier alpha value is -0.770. The van der Waals surface area contributed by atoms with E-state index in [0.29, 0.717) is 0 Å². The molecule has 0 saturated heterocycles. The van der Waals surface area contributed by atoms with Crippen molar-refractivity contribution in [1.82, 2.24) is 0 Å². The van der Waals surface area contributed by atoms with Crippen molar-refractivity contribution >= 4 is 28.3 Å². The molecule has 0 amide bonds. The number of hydrogen-bond acceptors (Lipinski definition) is 1. The Kier molecular flexibility index (Phi) is 3.87. The molecule has 0 aliphatic carbocycles. The van der Waals surface area contributed by atoms with Gasteiger partial charge in [-0.25, -0.2) is 0 Å². The highest BCUT2D eigenvalue weighted by Gasteiger charge is 1.84. The van der Waals surface area contributed by atoms with Gasteiger partial charge in [-0.3, -0.25) is 0 Å². The third-order valence-electron chi connectivity index (χ3n) is 1.35. The molecule has 2 heteroatoms. The van der Waals surface area contributed by atoms with E-state index in [1.54, 1.807) is 0 Å². The molecule has 0 radical (unpaired) electrons. The minimum atomic E-state index is 0.798. The maximum atomic E-state index is 5.74. The van der Waals surface area contributed by atoms with Crippen LogP contribution >= 0.6 is 22.6 Å². The van der Waals surface area contributed by atoms with Crippen molar-refractivity contribution in [2.24, 2.45) is 0 Å². The van der Waals surface area contributed by atoms with E-state index in [2.05, 4.69) is 22.6 Å². The van der Waals surface area contributed by atoms with Crippen LogP contribution in [0.3, 0.4) is 0 Å². The molecule has 0 spiro atoms. The van der Waals surface area contributed by atoms with Gasteiger partial charge in [-0.2, -0.15) is 0 Å². The Morgan fingerprint density at radius 2 is 1.33 bits per heavy atom. The van der Waals surface area contributed by atoms with E-state index >= 15 is 0 Å². The van der Waals surface area contributed by atoms with Crippen molar-refractivity contribution in [3.8, 4) is 0 Å². The molecule has 0 aromatic heterocycles. The zero-order valence-corrected chi connectivity index (χ0v) is 8.73. The Morgan fingerprint density at radius 1 is 0.833 bits per heavy atom. The van der Waals surface area contributed by atoms with Crippen LogP contribution in [0.15, 0.2) is 48.5 Å². The molecule has 0 saturated carbocycles. The van der Waals surface area contributed by atoms with Gasteiger partial charge in [0.05, 0.1) is 0 Å². The lowest BCUT2D eigenvalue weighted by Gasteiger charge is -1.89. The Bertz CT molecular complexity index is 277. The highest BCUT2D eigenvalue weighted by atomic mass is 127. The fraction of sp³-hybridized carbons (Fsp3) is 0. The number of nitrogen functional groups attached to an aromatic ring is 1. The van der Waals surface area contributed by atoms with Gasteiger partial charge in [0.2, 0.25) is 0 Å². The minimum Gasteiger partial charge on any atom is -0.398 e. The Morgan fingerprint density at radius 3 is 2.00 bits per heavy atom. The fourth-order valence-electron chi connectivity index (χ4n) is 0.732. The molecule has 0 aliphatic heterocycles. The summed E-state index contributed by atoms with van der Waals surface area (Å²) in [6.45, 7) is 0. The topological polar surface area (TPSA) is 26.0 Å². The summed E-state index contributed by atoms with van der Waals surface area (Å²) in [6.07, 6.45) is 0. The first-order valence-corrected chi connectivity index (χ1v) is 4.72. The van der Waals surface area contributed by atoms with E-state index in [-0.39, 0.29) is 0 Å². The highest BCUT2D eigenvalue weighted by molar-refractivity contribution is 14.1. The molecule has 0 fully saturated rings. The summed E-state index contributed by atoms with van der Waals surface area (Å²) in [5, 5.41) is 0. The fourth-order valence-corrected chi connectivity index (χ4v) is 1.12. The molecule has 12 heavy (non-hydrogen) atoms. The number of nitrogens with two attached hydrogens (primary N) is 1. The van der Waals surface area contributed by atoms with Crippen LogP contribution in [0, 0.1) is 3.57 Å². The summed E-state index contributed by atoms with van der Waals surface area (Å²) in [5.74, 6) is 0. The van der Waals surface area contributed by atoms with Crippen LogP contribution in [0.5, 0.6) is 0 Å². The molecule has 62 valence electrons. The van der Waals surface area contributed by atoms with Crippen LogP contribution in [0.25, 0.3) is 0 Å². The predicted molar refractivity (Wildman–Crippen MR) is 61.2 cm³/mol. The third-order valence-corrected chi connectivity index (χ3v) is 2.33. The SMILES string of the molecule is Nc1ccccccccc1I. The second-order valence-corrected chi connectivity index (χ2v) is 3.45. The molecule has 1 aromatic rings. The molecule has 0 atom stereocenters. The first-order chi connectivity index (χ1) is 5.80. The van der Waals surface area contributed by atoms with Crippen LogP contribution in [0.4, 0.5) is 5.69 Å². The van der Waals surface area contributed by atoms with Gasteiger partial charge in [0.1, 0.15) is 0 Å². The van der Waals surface area contributed by atoms with E-state index in [1.807, 2.05) is 48.5 Å². The van der Waals surface area contributed by atoms with Crippen molar-refractivity contribution in [2.75, 3.05) is 5.73 Å². The van der Waals surface area contributed by atoms with E-state index in [9.17, 15) is 0 Å².